The van der Waals surface area contributed by atoms with Crippen molar-refractivity contribution in [3.63, 3.8) is 0 Å². The van der Waals surface area contributed by atoms with Crippen molar-refractivity contribution in [3.8, 4) is 0 Å². The Morgan fingerprint density at radius 1 is 1.50 bits per heavy atom. The molecule has 0 saturated carbocycles. The van der Waals surface area contributed by atoms with Crippen molar-refractivity contribution in [2.75, 3.05) is 0 Å². The summed E-state index contributed by atoms with van der Waals surface area (Å²) in [6, 6.07) is 0. The van der Waals surface area contributed by atoms with Crippen molar-refractivity contribution in [3.05, 3.63) is 0 Å². The molecule has 0 saturated heterocycles. The topological polar surface area (TPSA) is 66.8 Å². The minimum Gasteiger partial charge on any atom is -0.358 e. The zero-order valence-electron chi connectivity index (χ0n) is 3.87. The van der Waals surface area contributed by atoms with Crippen LogP contribution in [-0.4, -0.2) is 40.9 Å². The van der Waals surface area contributed by atoms with Crippen LogP contribution in [0.3, 0.4) is 0 Å². The van der Waals surface area contributed by atoms with Gasteiger partial charge >= 0.3 is 30.9 Å². The van der Waals surface area contributed by atoms with Gasteiger partial charge in [0.1, 0.15) is 0 Å². The van der Waals surface area contributed by atoms with Crippen LogP contribution in [0.1, 0.15) is 0 Å². The molecule has 0 heterocycles. The van der Waals surface area contributed by atoms with E-state index in [9.17, 15) is 4.57 Å². The van der Waals surface area contributed by atoms with Gasteiger partial charge in [-0.3, -0.25) is 0 Å². The standard InChI is InChI=1S/BH4O4P.Mg.Zn.2H/c1-5-6(2,3)4;;;;/h1H2,(H2,2,3,4);;;;. The van der Waals surface area contributed by atoms with Crippen molar-refractivity contribution in [1.29, 1.82) is 0 Å². The average molecular weight is 202 g/mol. The van der Waals surface area contributed by atoms with E-state index in [2.05, 4.69) is 4.44 Å². The van der Waals surface area contributed by atoms with E-state index in [1.807, 2.05) is 0 Å². The molecular formula is H6BMgO4PZn. The maximum absolute atomic E-state index is 9.47. The first kappa shape index (κ1) is 16.3. The summed E-state index contributed by atoms with van der Waals surface area (Å²) in [5.74, 6) is 0. The smallest absolute Gasteiger partial charge is 0.358 e. The molecule has 0 radical (unpaired) electrons. The molecule has 8 heteroatoms. The molecule has 0 spiro atoms. The molecule has 0 fully saturated rings. The average Bonchev–Trinajstić information content (AvgIpc) is 1.35. The Labute approximate surface area is 77.0 Å². The molecule has 8 heavy (non-hydrogen) atoms. The first-order valence-corrected chi connectivity index (χ1v) is 2.70. The molecule has 42 valence electrons. The van der Waals surface area contributed by atoms with E-state index >= 15 is 0 Å². The molecule has 0 bridgehead atoms. The van der Waals surface area contributed by atoms with E-state index in [4.69, 9.17) is 9.79 Å². The van der Waals surface area contributed by atoms with E-state index in [0.717, 1.165) is 8.05 Å². The maximum Gasteiger partial charge on any atom is 0.454 e. The Morgan fingerprint density at radius 2 is 1.62 bits per heavy atom. The fraction of sp³-hybridized carbons (Fsp3) is 0. The second-order valence-corrected chi connectivity index (χ2v) is 2.02. The summed E-state index contributed by atoms with van der Waals surface area (Å²) in [5, 5.41) is 0. The van der Waals surface area contributed by atoms with E-state index in [-0.39, 0.29) is 42.5 Å². The van der Waals surface area contributed by atoms with Crippen LogP contribution in [0.4, 0.5) is 0 Å². The third-order valence-corrected chi connectivity index (χ3v) is 0.714. The van der Waals surface area contributed by atoms with Gasteiger partial charge in [-0.1, -0.05) is 0 Å². The second-order valence-electron chi connectivity index (χ2n) is 0.673. The molecule has 0 aliphatic heterocycles. The van der Waals surface area contributed by atoms with Crippen molar-refractivity contribution in [1.82, 2.24) is 0 Å². The van der Waals surface area contributed by atoms with Crippen molar-refractivity contribution >= 4 is 38.9 Å². The predicted molar refractivity (Wildman–Crippen MR) is 30.2 cm³/mol. The van der Waals surface area contributed by atoms with Gasteiger partial charge in [0.05, 0.1) is 0 Å². The zero-order valence-corrected chi connectivity index (χ0v) is 7.73. The zero-order chi connectivity index (χ0) is 5.21. The van der Waals surface area contributed by atoms with Gasteiger partial charge in [-0.15, -0.1) is 0 Å². The fourth-order valence-corrected chi connectivity index (χ4v) is 0. The van der Waals surface area contributed by atoms with Gasteiger partial charge in [-0.05, 0) is 0 Å². The summed E-state index contributed by atoms with van der Waals surface area (Å²) in [6.07, 6.45) is 0. The molecule has 4 nitrogen and oxygen atoms in total. The van der Waals surface area contributed by atoms with Crippen LogP contribution in [0.25, 0.3) is 0 Å². The predicted octanol–water partition coefficient (Wildman–Crippen LogP) is -2.27. The number of hydrogen-bond donors (Lipinski definition) is 2. The molecule has 0 atom stereocenters. The molecule has 0 aromatic rings. The molecule has 0 aliphatic carbocycles. The van der Waals surface area contributed by atoms with Crippen LogP contribution in [0.5, 0.6) is 0 Å². The molecule has 0 aromatic heterocycles. The Hall–Kier alpha value is 1.56. The third kappa shape index (κ3) is 15.6. The van der Waals surface area contributed by atoms with Gasteiger partial charge in [0, 0.05) is 19.5 Å². The van der Waals surface area contributed by atoms with Crippen LogP contribution in [-0.2, 0) is 28.5 Å². The first-order valence-electron chi connectivity index (χ1n) is 1.17. The van der Waals surface area contributed by atoms with Crippen LogP contribution >= 0.6 is 7.82 Å². The molecule has 0 aliphatic rings. The normalized spacial score (nSPS) is 8.75. The van der Waals surface area contributed by atoms with E-state index in [1.54, 1.807) is 0 Å². The maximum atomic E-state index is 9.47. The number of hydrogen-bond acceptors (Lipinski definition) is 2. The molecular weight excluding hydrogens is 195 g/mol. The SMILES string of the molecule is BOP(=O)(O)O.[MgH2].[Zn]. The summed E-state index contributed by atoms with van der Waals surface area (Å²) in [6.45, 7) is 0. The molecule has 0 aromatic carbocycles. The van der Waals surface area contributed by atoms with Gasteiger partial charge in [-0.25, -0.2) is 4.57 Å². The minimum atomic E-state index is -4.15. The Morgan fingerprint density at radius 3 is 1.62 bits per heavy atom. The first-order chi connectivity index (χ1) is 2.56. The third-order valence-electron chi connectivity index (χ3n) is 0.238. The van der Waals surface area contributed by atoms with Crippen LogP contribution in [0.15, 0.2) is 0 Å². The monoisotopic (exact) mass is 200 g/mol. The van der Waals surface area contributed by atoms with Gasteiger partial charge in [0.15, 0.2) is 0 Å². The van der Waals surface area contributed by atoms with Crippen molar-refractivity contribution in [2.24, 2.45) is 0 Å². The summed E-state index contributed by atoms with van der Waals surface area (Å²) in [4.78, 5) is 15.4. The van der Waals surface area contributed by atoms with Crippen molar-refractivity contribution in [2.45, 2.75) is 0 Å². The van der Waals surface area contributed by atoms with Gasteiger partial charge < -0.3 is 14.2 Å². The van der Waals surface area contributed by atoms with Crippen LogP contribution in [0, 0.1) is 0 Å². The number of rotatable bonds is 1. The van der Waals surface area contributed by atoms with Crippen LogP contribution < -0.4 is 0 Å². The molecule has 0 amide bonds. The molecule has 2 N–H and O–H groups in total. The van der Waals surface area contributed by atoms with Gasteiger partial charge in [-0.2, -0.15) is 0 Å². The quantitative estimate of drug-likeness (QED) is 0.371. The summed E-state index contributed by atoms with van der Waals surface area (Å²) in [7, 11) is -3.20. The fourth-order valence-electron chi connectivity index (χ4n) is 0. The second kappa shape index (κ2) is 6.68. The van der Waals surface area contributed by atoms with E-state index in [1.165, 1.54) is 0 Å². The van der Waals surface area contributed by atoms with E-state index < -0.39 is 7.82 Å². The van der Waals surface area contributed by atoms with Gasteiger partial charge in [0.2, 0.25) is 0 Å². The summed E-state index contributed by atoms with van der Waals surface area (Å²) < 4.78 is 13.1. The summed E-state index contributed by atoms with van der Waals surface area (Å²) >= 11 is 0. The van der Waals surface area contributed by atoms with Crippen LogP contribution in [0.2, 0.25) is 0 Å². The Balaban J connectivity index is -0.000000125. The van der Waals surface area contributed by atoms with E-state index in [0.29, 0.717) is 0 Å². The Bertz CT molecular complexity index is 80.1. The molecule has 0 unspecified atom stereocenters. The summed E-state index contributed by atoms with van der Waals surface area (Å²) in [5.41, 5.74) is 0. The largest absolute Gasteiger partial charge is 0.454 e. The van der Waals surface area contributed by atoms with Gasteiger partial charge in [0.25, 0.3) is 8.05 Å². The number of phosphoric acid groups is 1. The molecule has 0 rings (SSSR count). The van der Waals surface area contributed by atoms with Crippen molar-refractivity contribution < 1.29 is 38.3 Å². The minimum absolute atomic E-state index is 0. The Kier molecular flexibility index (Phi) is 13.6.